The molecule has 2 nitrogen and oxygen atoms in total. The van der Waals surface area contributed by atoms with E-state index in [4.69, 9.17) is 22.1 Å². The van der Waals surface area contributed by atoms with E-state index in [0.29, 0.717) is 22.9 Å². The van der Waals surface area contributed by atoms with E-state index >= 15 is 0 Å². The third-order valence-electron chi connectivity index (χ3n) is 1.72. The van der Waals surface area contributed by atoms with E-state index in [-0.39, 0.29) is 5.82 Å². The average molecular weight is 216 g/mol. The lowest BCUT2D eigenvalue weighted by atomic mass is 10.1. The molecular weight excluding hydrogens is 205 g/mol. The highest BCUT2D eigenvalue weighted by molar-refractivity contribution is 6.32. The van der Waals surface area contributed by atoms with Gasteiger partial charge < -0.3 is 10.5 Å². The third kappa shape index (κ3) is 2.25. The van der Waals surface area contributed by atoms with Crippen LogP contribution in [0.25, 0.3) is 6.08 Å². The van der Waals surface area contributed by atoms with Gasteiger partial charge in [-0.2, -0.15) is 0 Å². The molecule has 0 bridgehead atoms. The summed E-state index contributed by atoms with van der Waals surface area (Å²) in [6, 6.07) is 2.75. The molecule has 0 radical (unpaired) electrons. The fraction of sp³-hybridized carbons (Fsp3) is 0.200. The minimum absolute atomic E-state index is 0.324. The molecule has 0 aliphatic heterocycles. The summed E-state index contributed by atoms with van der Waals surface area (Å²) in [6.07, 6.45) is 3.19. The fourth-order valence-electron chi connectivity index (χ4n) is 1.10. The summed E-state index contributed by atoms with van der Waals surface area (Å²) in [5, 5.41) is 0.380. The van der Waals surface area contributed by atoms with Crippen LogP contribution in [-0.4, -0.2) is 13.7 Å². The molecule has 0 atom stereocenters. The molecular formula is C10H11ClFNO. The first-order valence-corrected chi connectivity index (χ1v) is 4.47. The highest BCUT2D eigenvalue weighted by Gasteiger charge is 2.09. The van der Waals surface area contributed by atoms with Gasteiger partial charge in [-0.25, -0.2) is 4.39 Å². The summed E-state index contributed by atoms with van der Waals surface area (Å²) in [5.41, 5.74) is 5.60. The summed E-state index contributed by atoms with van der Waals surface area (Å²) in [4.78, 5) is 0. The maximum atomic E-state index is 13.3. The van der Waals surface area contributed by atoms with Crippen LogP contribution in [-0.2, 0) is 0 Å². The van der Waals surface area contributed by atoms with Crippen LogP contribution in [0.4, 0.5) is 4.39 Å². The number of methoxy groups -OCH3 is 1. The van der Waals surface area contributed by atoms with Crippen LogP contribution >= 0.6 is 11.6 Å². The van der Waals surface area contributed by atoms with Gasteiger partial charge in [0.25, 0.3) is 0 Å². The van der Waals surface area contributed by atoms with Gasteiger partial charge in [0, 0.05) is 6.54 Å². The summed E-state index contributed by atoms with van der Waals surface area (Å²) in [5.74, 6) is -0.0488. The van der Waals surface area contributed by atoms with E-state index in [9.17, 15) is 4.39 Å². The van der Waals surface area contributed by atoms with Crippen molar-refractivity contribution in [2.75, 3.05) is 13.7 Å². The maximum Gasteiger partial charge on any atom is 0.147 e. The molecule has 1 rings (SSSR count). The lowest BCUT2D eigenvalue weighted by Crippen LogP contribution is -1.95. The van der Waals surface area contributed by atoms with Crippen LogP contribution in [0.3, 0.4) is 0 Å². The minimum atomic E-state index is -0.379. The molecule has 14 heavy (non-hydrogen) atoms. The SMILES string of the molecule is COc1c(Cl)ccc(F)c1/C=C/CN. The second kappa shape index (κ2) is 4.98. The Balaban J connectivity index is 3.22. The van der Waals surface area contributed by atoms with E-state index in [1.54, 1.807) is 12.2 Å². The van der Waals surface area contributed by atoms with Crippen molar-refractivity contribution < 1.29 is 9.13 Å². The number of rotatable bonds is 3. The molecule has 0 amide bonds. The topological polar surface area (TPSA) is 35.2 Å². The molecule has 0 saturated heterocycles. The molecule has 76 valence electrons. The van der Waals surface area contributed by atoms with Crippen LogP contribution in [0, 0.1) is 5.82 Å². The summed E-state index contributed by atoms with van der Waals surface area (Å²) in [6.45, 7) is 0.342. The quantitative estimate of drug-likeness (QED) is 0.841. The van der Waals surface area contributed by atoms with Crippen molar-refractivity contribution in [2.24, 2.45) is 5.73 Å². The zero-order valence-corrected chi connectivity index (χ0v) is 8.51. The molecule has 0 heterocycles. The minimum Gasteiger partial charge on any atom is -0.494 e. The second-order valence-electron chi connectivity index (χ2n) is 2.61. The summed E-state index contributed by atoms with van der Waals surface area (Å²) < 4.78 is 18.3. The van der Waals surface area contributed by atoms with Gasteiger partial charge in [-0.3, -0.25) is 0 Å². The van der Waals surface area contributed by atoms with Gasteiger partial charge >= 0.3 is 0 Å². The maximum absolute atomic E-state index is 13.3. The van der Waals surface area contributed by atoms with Crippen molar-refractivity contribution >= 4 is 17.7 Å². The molecule has 1 aromatic rings. The molecule has 0 aliphatic carbocycles. The number of halogens is 2. The van der Waals surface area contributed by atoms with Gasteiger partial charge in [-0.1, -0.05) is 23.8 Å². The molecule has 0 spiro atoms. The van der Waals surface area contributed by atoms with E-state index in [1.165, 1.54) is 19.2 Å². The normalized spacial score (nSPS) is 10.9. The van der Waals surface area contributed by atoms with Crippen LogP contribution in [0.5, 0.6) is 5.75 Å². The lowest BCUT2D eigenvalue weighted by Gasteiger charge is -2.07. The monoisotopic (exact) mass is 215 g/mol. The van der Waals surface area contributed by atoms with Crippen molar-refractivity contribution in [1.82, 2.24) is 0 Å². The Hall–Kier alpha value is -1.06. The van der Waals surface area contributed by atoms with Gasteiger partial charge in [0.05, 0.1) is 17.7 Å². The van der Waals surface area contributed by atoms with Gasteiger partial charge in [-0.15, -0.1) is 0 Å². The van der Waals surface area contributed by atoms with E-state index in [2.05, 4.69) is 0 Å². The first kappa shape index (κ1) is 11.0. The third-order valence-corrected chi connectivity index (χ3v) is 2.02. The lowest BCUT2D eigenvalue weighted by molar-refractivity contribution is 0.410. The Morgan fingerprint density at radius 3 is 2.86 bits per heavy atom. The van der Waals surface area contributed by atoms with Crippen LogP contribution in [0.1, 0.15) is 5.56 Å². The van der Waals surface area contributed by atoms with Crippen LogP contribution < -0.4 is 10.5 Å². The Morgan fingerprint density at radius 1 is 1.57 bits per heavy atom. The molecule has 0 unspecified atom stereocenters. The standard InChI is InChI=1S/C10H11ClFNO/c1-14-10-7(3-2-6-13)9(12)5-4-8(10)11/h2-5H,6,13H2,1H3/b3-2+. The molecule has 0 aromatic heterocycles. The van der Waals surface area contributed by atoms with Crippen molar-refractivity contribution in [1.29, 1.82) is 0 Å². The van der Waals surface area contributed by atoms with E-state index < -0.39 is 0 Å². The predicted molar refractivity (Wildman–Crippen MR) is 56.1 cm³/mol. The Bertz CT molecular complexity index is 352. The fourth-order valence-corrected chi connectivity index (χ4v) is 1.34. The smallest absolute Gasteiger partial charge is 0.147 e. The van der Waals surface area contributed by atoms with Crippen LogP contribution in [0.2, 0.25) is 5.02 Å². The van der Waals surface area contributed by atoms with Crippen molar-refractivity contribution in [2.45, 2.75) is 0 Å². The molecule has 0 aliphatic rings. The average Bonchev–Trinajstić information content (AvgIpc) is 2.19. The predicted octanol–water partition coefficient (Wildman–Crippen LogP) is 2.46. The number of hydrogen-bond acceptors (Lipinski definition) is 2. The Morgan fingerprint density at radius 2 is 2.29 bits per heavy atom. The summed E-state index contributed by atoms with van der Waals surface area (Å²) >= 11 is 5.82. The number of benzene rings is 1. The van der Waals surface area contributed by atoms with Crippen molar-refractivity contribution in [3.8, 4) is 5.75 Å². The van der Waals surface area contributed by atoms with Crippen molar-refractivity contribution in [3.63, 3.8) is 0 Å². The highest BCUT2D eigenvalue weighted by Crippen LogP contribution is 2.31. The van der Waals surface area contributed by atoms with Gasteiger partial charge in [0.15, 0.2) is 0 Å². The van der Waals surface area contributed by atoms with Crippen LogP contribution in [0.15, 0.2) is 18.2 Å². The number of ether oxygens (including phenoxy) is 1. The van der Waals surface area contributed by atoms with Gasteiger partial charge in [0.2, 0.25) is 0 Å². The zero-order valence-electron chi connectivity index (χ0n) is 7.76. The van der Waals surface area contributed by atoms with E-state index in [1.807, 2.05) is 0 Å². The molecule has 2 N–H and O–H groups in total. The highest BCUT2D eigenvalue weighted by atomic mass is 35.5. The molecule has 0 fully saturated rings. The van der Waals surface area contributed by atoms with Gasteiger partial charge in [0.1, 0.15) is 11.6 Å². The zero-order chi connectivity index (χ0) is 10.6. The first-order chi connectivity index (χ1) is 6.70. The van der Waals surface area contributed by atoms with E-state index in [0.717, 1.165) is 0 Å². The Kier molecular flexibility index (Phi) is 3.92. The molecule has 0 saturated carbocycles. The largest absolute Gasteiger partial charge is 0.494 e. The molecule has 4 heteroatoms. The van der Waals surface area contributed by atoms with Gasteiger partial charge in [-0.05, 0) is 12.1 Å². The number of hydrogen-bond donors (Lipinski definition) is 1. The summed E-state index contributed by atoms with van der Waals surface area (Å²) in [7, 11) is 1.44. The second-order valence-corrected chi connectivity index (χ2v) is 3.02. The molecule has 1 aromatic carbocycles. The van der Waals surface area contributed by atoms with Crippen molar-refractivity contribution in [3.05, 3.63) is 34.6 Å². The Labute approximate surface area is 87.1 Å². The first-order valence-electron chi connectivity index (χ1n) is 4.09. The number of nitrogens with two attached hydrogens (primary N) is 1.